The second-order valence-electron chi connectivity index (χ2n) is 8.10. The van der Waals surface area contributed by atoms with Crippen LogP contribution >= 0.6 is 0 Å². The molecule has 0 saturated heterocycles. The first-order valence-electron chi connectivity index (χ1n) is 11.5. The molecule has 0 amide bonds. The highest BCUT2D eigenvalue weighted by Gasteiger charge is 2.30. The van der Waals surface area contributed by atoms with Gasteiger partial charge in [-0.15, -0.1) is 0 Å². The molecule has 1 aromatic heterocycles. The Hall–Kier alpha value is -3.15. The van der Waals surface area contributed by atoms with Gasteiger partial charge in [0.1, 0.15) is 12.6 Å². The number of carbonyl (C=O) groups excluding carboxylic acids is 1. The molecule has 1 aromatic rings. The van der Waals surface area contributed by atoms with Gasteiger partial charge in [-0.1, -0.05) is 18.2 Å². The van der Waals surface area contributed by atoms with Gasteiger partial charge >= 0.3 is 11.9 Å². The monoisotopic (exact) mass is 437 g/mol. The van der Waals surface area contributed by atoms with E-state index in [-0.39, 0.29) is 24.4 Å². The number of aliphatic carboxylic acids is 1. The summed E-state index contributed by atoms with van der Waals surface area (Å²) in [6.45, 7) is 6.94. The Morgan fingerprint density at radius 3 is 2.56 bits per heavy atom. The van der Waals surface area contributed by atoms with E-state index in [2.05, 4.69) is 35.5 Å². The number of hydrogen-bond donors (Lipinski definition) is 1. The number of nitrogens with zero attached hydrogens (tertiary/aromatic N) is 2. The second-order valence-corrected chi connectivity index (χ2v) is 8.10. The fourth-order valence-electron chi connectivity index (χ4n) is 3.97. The van der Waals surface area contributed by atoms with Crippen molar-refractivity contribution in [3.8, 4) is 0 Å². The lowest BCUT2D eigenvalue weighted by Crippen LogP contribution is -2.33. The van der Waals surface area contributed by atoms with Crippen molar-refractivity contribution in [3.63, 3.8) is 0 Å². The van der Waals surface area contributed by atoms with Crippen LogP contribution in [0.25, 0.3) is 6.08 Å². The molecule has 0 radical (unpaired) electrons. The standard InChI is InChI=1S/C26H32N2O4/c1-3-28(4-2)23-12-11-21-18-22(26(31)32-24(21)19-23)10-9-20-13-16-27(17-14-20)15-7-5-6-8-25(29)30/h9-14,16-19,21,24H,3-8,15H2,1-2H3/p+1/b10-9+. The van der Waals surface area contributed by atoms with Gasteiger partial charge in [0.15, 0.2) is 12.4 Å². The lowest BCUT2D eigenvalue weighted by atomic mass is 9.91. The van der Waals surface area contributed by atoms with Crippen molar-refractivity contribution < 1.29 is 24.0 Å². The van der Waals surface area contributed by atoms with Crippen molar-refractivity contribution in [1.82, 2.24) is 4.90 Å². The van der Waals surface area contributed by atoms with Crippen LogP contribution in [0.5, 0.6) is 0 Å². The van der Waals surface area contributed by atoms with Crippen LogP contribution in [0, 0.1) is 5.92 Å². The van der Waals surface area contributed by atoms with E-state index in [1.165, 1.54) is 0 Å². The summed E-state index contributed by atoms with van der Waals surface area (Å²) in [6, 6.07) is 4.01. The molecule has 2 aliphatic rings. The largest absolute Gasteiger partial charge is 0.481 e. The van der Waals surface area contributed by atoms with Crippen LogP contribution in [-0.2, 0) is 20.9 Å². The molecule has 0 fully saturated rings. The predicted molar refractivity (Wildman–Crippen MR) is 123 cm³/mol. The molecule has 6 heteroatoms. The molecule has 1 aliphatic carbocycles. The van der Waals surface area contributed by atoms with Gasteiger partial charge in [0, 0.05) is 49.7 Å². The molecule has 0 saturated carbocycles. The number of carboxylic acids is 1. The van der Waals surface area contributed by atoms with Crippen molar-refractivity contribution in [2.75, 3.05) is 13.1 Å². The smallest absolute Gasteiger partial charge is 0.338 e. The van der Waals surface area contributed by atoms with Gasteiger partial charge in [0.25, 0.3) is 0 Å². The number of aromatic nitrogens is 1. The minimum absolute atomic E-state index is 0.0609. The minimum Gasteiger partial charge on any atom is -0.481 e. The van der Waals surface area contributed by atoms with Gasteiger partial charge in [-0.3, -0.25) is 4.79 Å². The number of likely N-dealkylation sites (N-methyl/N-ethyl adjacent to an activating group) is 1. The number of ether oxygens (including phenoxy) is 1. The van der Waals surface area contributed by atoms with Crippen LogP contribution in [0.1, 0.15) is 45.1 Å². The normalized spacial score (nSPS) is 19.9. The Bertz CT molecular complexity index is 924. The number of fused-ring (bicyclic) bond motifs is 1. The highest BCUT2D eigenvalue weighted by Crippen LogP contribution is 2.29. The zero-order valence-corrected chi connectivity index (χ0v) is 18.9. The average molecular weight is 438 g/mol. The molecule has 0 bridgehead atoms. The van der Waals surface area contributed by atoms with E-state index < -0.39 is 5.97 Å². The zero-order chi connectivity index (χ0) is 22.9. The number of aryl methyl sites for hydroxylation is 1. The Morgan fingerprint density at radius 1 is 1.12 bits per heavy atom. The van der Waals surface area contributed by atoms with Gasteiger partial charge in [0.2, 0.25) is 0 Å². The molecule has 2 atom stereocenters. The fourth-order valence-corrected chi connectivity index (χ4v) is 3.97. The summed E-state index contributed by atoms with van der Waals surface area (Å²) in [6.07, 6.45) is 18.6. The minimum atomic E-state index is -0.735. The van der Waals surface area contributed by atoms with Crippen LogP contribution in [0.3, 0.4) is 0 Å². The molecule has 3 rings (SSSR count). The number of rotatable bonds is 11. The van der Waals surface area contributed by atoms with E-state index in [0.29, 0.717) is 12.0 Å². The van der Waals surface area contributed by atoms with Gasteiger partial charge in [-0.05, 0) is 50.5 Å². The SMILES string of the molecule is CCN(CC)C1=CC2OC(=O)C(/C=C/c3cc[n+](CCCCCC(=O)O)cc3)=CC2C=C1. The molecule has 6 nitrogen and oxygen atoms in total. The summed E-state index contributed by atoms with van der Waals surface area (Å²) in [5, 5.41) is 8.68. The number of carboxylic acid groups (broad SMARTS) is 1. The van der Waals surface area contributed by atoms with Crippen molar-refractivity contribution in [1.29, 1.82) is 0 Å². The first kappa shape index (κ1) is 23.5. The molecular formula is C26H33N2O4+. The maximum atomic E-state index is 12.5. The molecule has 2 unspecified atom stereocenters. The lowest BCUT2D eigenvalue weighted by Gasteiger charge is -2.32. The van der Waals surface area contributed by atoms with Gasteiger partial charge in [-0.2, -0.15) is 0 Å². The first-order valence-corrected chi connectivity index (χ1v) is 11.5. The van der Waals surface area contributed by atoms with Gasteiger partial charge in [-0.25, -0.2) is 9.36 Å². The van der Waals surface area contributed by atoms with E-state index in [4.69, 9.17) is 9.84 Å². The number of unbranched alkanes of at least 4 members (excludes halogenated alkanes) is 2. The number of hydrogen-bond acceptors (Lipinski definition) is 4. The lowest BCUT2D eigenvalue weighted by molar-refractivity contribution is -0.697. The van der Waals surface area contributed by atoms with Crippen LogP contribution in [0.4, 0.5) is 0 Å². The van der Waals surface area contributed by atoms with E-state index in [0.717, 1.165) is 43.7 Å². The Balaban J connectivity index is 1.56. The third-order valence-corrected chi connectivity index (χ3v) is 5.86. The quantitative estimate of drug-likeness (QED) is 0.323. The molecule has 170 valence electrons. The number of esters is 1. The fraction of sp³-hybridized carbons (Fsp3) is 0.423. The number of carbonyl (C=O) groups is 2. The molecule has 0 spiro atoms. The Labute approximate surface area is 190 Å². The third-order valence-electron chi connectivity index (χ3n) is 5.86. The summed E-state index contributed by atoms with van der Waals surface area (Å²) in [5.74, 6) is -0.965. The first-order chi connectivity index (χ1) is 15.5. The summed E-state index contributed by atoms with van der Waals surface area (Å²) < 4.78 is 7.79. The molecular weight excluding hydrogens is 404 g/mol. The average Bonchev–Trinajstić information content (AvgIpc) is 2.79. The van der Waals surface area contributed by atoms with E-state index in [1.54, 1.807) is 0 Å². The summed E-state index contributed by atoms with van der Waals surface area (Å²) in [4.78, 5) is 25.3. The van der Waals surface area contributed by atoms with Crippen molar-refractivity contribution in [3.05, 3.63) is 71.7 Å². The zero-order valence-electron chi connectivity index (χ0n) is 18.9. The van der Waals surface area contributed by atoms with E-state index in [9.17, 15) is 9.59 Å². The highest BCUT2D eigenvalue weighted by atomic mass is 16.5. The highest BCUT2D eigenvalue weighted by molar-refractivity contribution is 5.94. The Kier molecular flexibility index (Phi) is 8.42. The molecule has 2 heterocycles. The summed E-state index contributed by atoms with van der Waals surface area (Å²) >= 11 is 0. The number of pyridine rings is 1. The van der Waals surface area contributed by atoms with Crippen molar-refractivity contribution in [2.45, 2.75) is 52.2 Å². The van der Waals surface area contributed by atoms with Crippen LogP contribution in [-0.4, -0.2) is 41.1 Å². The van der Waals surface area contributed by atoms with Gasteiger partial charge in [0.05, 0.1) is 5.57 Å². The van der Waals surface area contributed by atoms with E-state index in [1.807, 2.05) is 48.8 Å². The molecule has 1 aliphatic heterocycles. The van der Waals surface area contributed by atoms with Crippen molar-refractivity contribution >= 4 is 18.0 Å². The van der Waals surface area contributed by atoms with Crippen LogP contribution in [0.2, 0.25) is 0 Å². The van der Waals surface area contributed by atoms with E-state index >= 15 is 0 Å². The van der Waals surface area contributed by atoms with Crippen LogP contribution < -0.4 is 4.57 Å². The topological polar surface area (TPSA) is 70.7 Å². The maximum absolute atomic E-state index is 12.5. The number of allylic oxidation sites excluding steroid dienone is 1. The predicted octanol–water partition coefficient (Wildman–Crippen LogP) is 3.90. The summed E-state index contributed by atoms with van der Waals surface area (Å²) in [7, 11) is 0. The third kappa shape index (κ3) is 6.42. The molecule has 1 N–H and O–H groups in total. The molecule has 0 aromatic carbocycles. The Morgan fingerprint density at radius 2 is 1.88 bits per heavy atom. The molecule has 32 heavy (non-hydrogen) atoms. The summed E-state index contributed by atoms with van der Waals surface area (Å²) in [5.41, 5.74) is 2.69. The van der Waals surface area contributed by atoms with Crippen molar-refractivity contribution in [2.24, 2.45) is 5.92 Å². The van der Waals surface area contributed by atoms with Gasteiger partial charge < -0.3 is 14.7 Å². The second kappa shape index (κ2) is 11.5. The maximum Gasteiger partial charge on any atom is 0.338 e. The van der Waals surface area contributed by atoms with Crippen LogP contribution in [0.15, 0.2) is 66.2 Å².